The van der Waals surface area contributed by atoms with Gasteiger partial charge < -0.3 is 21.4 Å². The number of aliphatic hydroxyl groups is 1. The van der Waals surface area contributed by atoms with E-state index in [9.17, 15) is 4.39 Å². The zero-order valence-electron chi connectivity index (χ0n) is 11.9. The van der Waals surface area contributed by atoms with Crippen LogP contribution < -0.4 is 11.1 Å². The molecule has 0 aromatic heterocycles. The molecule has 0 fully saturated rings. The highest BCUT2D eigenvalue weighted by Crippen LogP contribution is 2.18. The van der Waals surface area contributed by atoms with Crippen molar-refractivity contribution in [3.05, 3.63) is 35.1 Å². The van der Waals surface area contributed by atoms with Gasteiger partial charge in [0.2, 0.25) is 0 Å². The lowest BCUT2D eigenvalue weighted by molar-refractivity contribution is 0.207. The van der Waals surface area contributed by atoms with Crippen LogP contribution in [0.25, 0.3) is 0 Å². The highest BCUT2D eigenvalue weighted by molar-refractivity contribution is 5.98. The van der Waals surface area contributed by atoms with Gasteiger partial charge in [-0.15, -0.1) is 0 Å². The van der Waals surface area contributed by atoms with E-state index in [1.54, 1.807) is 6.07 Å². The zero-order chi connectivity index (χ0) is 15.2. The second-order valence-corrected chi connectivity index (χ2v) is 5.53. The van der Waals surface area contributed by atoms with Gasteiger partial charge >= 0.3 is 0 Å². The number of benzene rings is 1. The van der Waals surface area contributed by atoms with Gasteiger partial charge in [0, 0.05) is 25.3 Å². The summed E-state index contributed by atoms with van der Waals surface area (Å²) < 4.78 is 13.2. The Bertz CT molecular complexity index is 475. The van der Waals surface area contributed by atoms with Crippen LogP contribution in [0.4, 0.5) is 4.39 Å². The van der Waals surface area contributed by atoms with Crippen molar-refractivity contribution >= 4 is 5.84 Å². The molecule has 0 saturated carbocycles. The van der Waals surface area contributed by atoms with E-state index in [0.717, 1.165) is 5.56 Å². The van der Waals surface area contributed by atoms with Crippen molar-refractivity contribution in [2.45, 2.75) is 26.8 Å². The predicted molar refractivity (Wildman–Crippen MR) is 76.1 cm³/mol. The molecule has 5 nitrogen and oxygen atoms in total. The Morgan fingerprint density at radius 2 is 2.15 bits per heavy atom. The van der Waals surface area contributed by atoms with Crippen LogP contribution in [0.15, 0.2) is 23.4 Å². The van der Waals surface area contributed by atoms with Gasteiger partial charge in [0.25, 0.3) is 0 Å². The standard InChI is InChI=1S/C14H22FN3O2/c1-14(2,5-6-19)9-17-8-10-3-4-11(15)7-12(10)13(16)18-20/h3-4,7,17,19-20H,5-6,8-9H2,1-2H3,(H2,16,18). The summed E-state index contributed by atoms with van der Waals surface area (Å²) in [5.74, 6) is -0.549. The summed E-state index contributed by atoms with van der Waals surface area (Å²) >= 11 is 0. The number of amidine groups is 1. The molecule has 20 heavy (non-hydrogen) atoms. The third-order valence-electron chi connectivity index (χ3n) is 3.16. The first kappa shape index (κ1) is 16.4. The molecule has 6 heteroatoms. The van der Waals surface area contributed by atoms with Crippen LogP contribution in [-0.4, -0.2) is 29.3 Å². The monoisotopic (exact) mass is 283 g/mol. The van der Waals surface area contributed by atoms with E-state index in [4.69, 9.17) is 16.0 Å². The molecule has 1 rings (SSSR count). The molecule has 0 aliphatic rings. The van der Waals surface area contributed by atoms with E-state index in [1.165, 1.54) is 12.1 Å². The Morgan fingerprint density at radius 3 is 2.75 bits per heavy atom. The van der Waals surface area contributed by atoms with Crippen molar-refractivity contribution in [2.24, 2.45) is 16.3 Å². The van der Waals surface area contributed by atoms with Gasteiger partial charge in [0.1, 0.15) is 5.82 Å². The van der Waals surface area contributed by atoms with Crippen LogP contribution in [0.1, 0.15) is 31.4 Å². The second-order valence-electron chi connectivity index (χ2n) is 5.53. The summed E-state index contributed by atoms with van der Waals surface area (Å²) in [6, 6.07) is 4.18. The molecular formula is C14H22FN3O2. The molecule has 5 N–H and O–H groups in total. The summed E-state index contributed by atoms with van der Waals surface area (Å²) in [7, 11) is 0. The van der Waals surface area contributed by atoms with Crippen molar-refractivity contribution in [3.63, 3.8) is 0 Å². The number of nitrogens with zero attached hydrogens (tertiary/aromatic N) is 1. The maximum absolute atomic E-state index is 13.2. The molecule has 0 bridgehead atoms. The molecule has 0 spiro atoms. The molecule has 0 unspecified atom stereocenters. The predicted octanol–water partition coefficient (Wildman–Crippen LogP) is 1.42. The lowest BCUT2D eigenvalue weighted by Gasteiger charge is -2.24. The number of hydrogen-bond donors (Lipinski definition) is 4. The average Bonchev–Trinajstić information content (AvgIpc) is 2.39. The highest BCUT2D eigenvalue weighted by Gasteiger charge is 2.17. The molecule has 0 aliphatic heterocycles. The van der Waals surface area contributed by atoms with E-state index in [2.05, 4.69) is 10.5 Å². The quantitative estimate of drug-likeness (QED) is 0.264. The topological polar surface area (TPSA) is 90.9 Å². The molecule has 112 valence electrons. The van der Waals surface area contributed by atoms with E-state index >= 15 is 0 Å². The largest absolute Gasteiger partial charge is 0.409 e. The minimum Gasteiger partial charge on any atom is -0.409 e. The van der Waals surface area contributed by atoms with Crippen LogP contribution in [0.2, 0.25) is 0 Å². The van der Waals surface area contributed by atoms with Gasteiger partial charge in [-0.1, -0.05) is 25.1 Å². The molecule has 1 aromatic rings. The number of aliphatic hydroxyl groups excluding tert-OH is 1. The lowest BCUT2D eigenvalue weighted by atomic mass is 9.89. The van der Waals surface area contributed by atoms with Crippen molar-refractivity contribution in [3.8, 4) is 0 Å². The first-order chi connectivity index (χ1) is 9.39. The Balaban J connectivity index is 2.73. The van der Waals surface area contributed by atoms with E-state index < -0.39 is 5.82 Å². The summed E-state index contributed by atoms with van der Waals surface area (Å²) in [6.45, 7) is 5.40. The van der Waals surface area contributed by atoms with Gasteiger partial charge in [0.05, 0.1) is 0 Å². The Kier molecular flexibility index (Phi) is 5.91. The van der Waals surface area contributed by atoms with Gasteiger partial charge in [0.15, 0.2) is 5.84 Å². The van der Waals surface area contributed by atoms with Gasteiger partial charge in [-0.2, -0.15) is 0 Å². The summed E-state index contributed by atoms with van der Waals surface area (Å²) in [5.41, 5.74) is 6.63. The smallest absolute Gasteiger partial charge is 0.170 e. The summed E-state index contributed by atoms with van der Waals surface area (Å²) in [6.07, 6.45) is 0.691. The number of hydrogen-bond acceptors (Lipinski definition) is 4. The lowest BCUT2D eigenvalue weighted by Crippen LogP contribution is -2.30. The van der Waals surface area contributed by atoms with Crippen molar-refractivity contribution < 1.29 is 14.7 Å². The highest BCUT2D eigenvalue weighted by atomic mass is 19.1. The SMILES string of the molecule is CC(C)(CCO)CNCc1ccc(F)cc1/C(N)=N/O. The number of halogens is 1. The minimum absolute atomic E-state index is 0.0362. The third-order valence-corrected chi connectivity index (χ3v) is 3.16. The van der Waals surface area contributed by atoms with Crippen LogP contribution >= 0.6 is 0 Å². The van der Waals surface area contributed by atoms with Crippen LogP contribution in [0.3, 0.4) is 0 Å². The minimum atomic E-state index is -0.434. The molecule has 0 atom stereocenters. The molecule has 0 saturated heterocycles. The van der Waals surface area contributed by atoms with Crippen molar-refractivity contribution in [1.82, 2.24) is 5.32 Å². The first-order valence-corrected chi connectivity index (χ1v) is 6.47. The normalized spacial score (nSPS) is 12.7. The van der Waals surface area contributed by atoms with Crippen molar-refractivity contribution in [2.75, 3.05) is 13.2 Å². The maximum Gasteiger partial charge on any atom is 0.170 e. The number of rotatable bonds is 7. The third kappa shape index (κ3) is 4.79. The fourth-order valence-electron chi connectivity index (χ4n) is 1.92. The first-order valence-electron chi connectivity index (χ1n) is 6.47. The summed E-state index contributed by atoms with van der Waals surface area (Å²) in [5, 5.41) is 23.8. The van der Waals surface area contributed by atoms with Crippen LogP contribution in [0, 0.1) is 11.2 Å². The van der Waals surface area contributed by atoms with E-state index in [-0.39, 0.29) is 17.9 Å². The van der Waals surface area contributed by atoms with Gasteiger partial charge in [-0.05, 0) is 29.5 Å². The number of nitrogens with one attached hydrogen (secondary N) is 1. The molecule has 0 heterocycles. The Labute approximate surface area is 118 Å². The molecule has 0 amide bonds. The fourth-order valence-corrected chi connectivity index (χ4v) is 1.92. The summed E-state index contributed by atoms with van der Waals surface area (Å²) in [4.78, 5) is 0. The molecule has 1 aromatic carbocycles. The molecule has 0 radical (unpaired) electrons. The Morgan fingerprint density at radius 1 is 1.45 bits per heavy atom. The van der Waals surface area contributed by atoms with Crippen LogP contribution in [0.5, 0.6) is 0 Å². The van der Waals surface area contributed by atoms with E-state index in [1.807, 2.05) is 13.8 Å². The maximum atomic E-state index is 13.2. The van der Waals surface area contributed by atoms with Gasteiger partial charge in [-0.3, -0.25) is 0 Å². The van der Waals surface area contributed by atoms with Gasteiger partial charge in [-0.25, -0.2) is 4.39 Å². The number of oxime groups is 1. The second kappa shape index (κ2) is 7.21. The number of nitrogens with two attached hydrogens (primary N) is 1. The molecule has 0 aliphatic carbocycles. The molecular weight excluding hydrogens is 261 g/mol. The van der Waals surface area contributed by atoms with Crippen molar-refractivity contribution in [1.29, 1.82) is 0 Å². The van der Waals surface area contributed by atoms with E-state index in [0.29, 0.717) is 25.1 Å². The average molecular weight is 283 g/mol. The fraction of sp³-hybridized carbons (Fsp3) is 0.500. The van der Waals surface area contributed by atoms with Crippen LogP contribution in [-0.2, 0) is 6.54 Å². The Hall–Kier alpha value is -1.66. The zero-order valence-corrected chi connectivity index (χ0v) is 11.9.